The molecule has 4 bridgehead atoms. The second-order valence-corrected chi connectivity index (χ2v) is 13.8. The molecule has 3 radical (unpaired) electrons. The smallest absolute Gasteiger partial charge is 0.0731 e. The van der Waals surface area contributed by atoms with Crippen molar-refractivity contribution in [2.75, 3.05) is 100 Å². The van der Waals surface area contributed by atoms with Crippen LogP contribution >= 0.6 is 0 Å². The van der Waals surface area contributed by atoms with Crippen molar-refractivity contribution in [3.63, 3.8) is 0 Å². The molecule has 0 aromatic rings. The summed E-state index contributed by atoms with van der Waals surface area (Å²) in [6, 6.07) is 0. The van der Waals surface area contributed by atoms with Crippen molar-refractivity contribution < 1.29 is 23.7 Å². The van der Waals surface area contributed by atoms with Crippen molar-refractivity contribution in [1.29, 1.82) is 0 Å². The average molecular weight is 609 g/mol. The van der Waals surface area contributed by atoms with Gasteiger partial charge in [-0.2, -0.15) is 0 Å². The normalized spacial score (nSPS) is 30.3. The van der Waals surface area contributed by atoms with Crippen molar-refractivity contribution >= 4 is 8.41 Å². The van der Waals surface area contributed by atoms with Crippen molar-refractivity contribution in [1.82, 2.24) is 14.7 Å². The average Bonchev–Trinajstić information content (AvgIpc) is 3.28. The number of hydrogen-bond acceptors (Lipinski definition) is 8. The van der Waals surface area contributed by atoms with E-state index in [1.54, 1.807) is 0 Å². The molecule has 0 aromatic carbocycles. The number of morpholine rings is 3. The van der Waals surface area contributed by atoms with Crippen molar-refractivity contribution in [2.24, 2.45) is 11.8 Å². The maximum atomic E-state index is 5.63. The molecule has 251 valence electrons. The second-order valence-electron chi connectivity index (χ2n) is 13.8. The molecule has 0 aromatic heterocycles. The van der Waals surface area contributed by atoms with Gasteiger partial charge in [-0.1, -0.05) is 39.3 Å². The van der Waals surface area contributed by atoms with Gasteiger partial charge < -0.3 is 38.4 Å². The van der Waals surface area contributed by atoms with E-state index in [1.807, 2.05) is 0 Å². The molecule has 0 N–H and O–H groups in total. The Bertz CT molecular complexity index is 657. The fourth-order valence-corrected chi connectivity index (χ4v) is 5.47. The number of fused-ring (bicyclic) bond motifs is 4. The molecule has 0 spiro atoms. The van der Waals surface area contributed by atoms with Gasteiger partial charge in [-0.3, -0.25) is 0 Å². The molecular formula is C34H67BN3O5. The summed E-state index contributed by atoms with van der Waals surface area (Å²) in [6.07, 6.45) is 12.0. The molecule has 4 atom stereocenters. The molecule has 4 unspecified atom stereocenters. The number of ether oxygens (including phenoxy) is 5. The molecular weight excluding hydrogens is 541 g/mol. The lowest BCUT2D eigenvalue weighted by Gasteiger charge is -2.45. The lowest BCUT2D eigenvalue weighted by molar-refractivity contribution is -0.175. The highest BCUT2D eigenvalue weighted by atomic mass is 16.5. The monoisotopic (exact) mass is 609 g/mol. The highest BCUT2D eigenvalue weighted by molar-refractivity contribution is 5.75. The Hall–Kier alpha value is -0.515. The minimum absolute atomic E-state index is 0. The molecule has 0 aliphatic carbocycles. The molecule has 8 heterocycles. The molecule has 0 saturated carbocycles. The van der Waals surface area contributed by atoms with Gasteiger partial charge in [-0.25, -0.2) is 0 Å². The lowest BCUT2D eigenvalue weighted by Crippen LogP contribution is -2.55. The van der Waals surface area contributed by atoms with Crippen LogP contribution in [0.4, 0.5) is 0 Å². The van der Waals surface area contributed by atoms with E-state index in [0.29, 0.717) is 24.4 Å². The van der Waals surface area contributed by atoms with Crippen LogP contribution in [-0.2, 0) is 23.7 Å². The first-order valence-corrected chi connectivity index (χ1v) is 16.9. The predicted molar refractivity (Wildman–Crippen MR) is 179 cm³/mol. The van der Waals surface area contributed by atoms with Crippen molar-refractivity contribution in [2.45, 2.75) is 97.6 Å². The minimum Gasteiger partial charge on any atom is -0.381 e. The third-order valence-corrected chi connectivity index (χ3v) is 8.10. The molecule has 8 aliphatic heterocycles. The number of nitrogens with zero attached hydrogens (tertiary/aromatic N) is 3. The third kappa shape index (κ3) is 20.3. The maximum Gasteiger partial charge on any atom is 0.0731 e. The molecule has 9 heteroatoms. The van der Waals surface area contributed by atoms with Gasteiger partial charge in [0.25, 0.3) is 0 Å². The van der Waals surface area contributed by atoms with E-state index in [1.165, 1.54) is 37.7 Å². The van der Waals surface area contributed by atoms with Gasteiger partial charge in [-0.05, 0) is 72.0 Å². The van der Waals surface area contributed by atoms with Crippen LogP contribution in [0.3, 0.4) is 0 Å². The number of piperidine rings is 1. The standard InChI is InChI=1S/C7H13NO.C6H11NO.C6H12O.C6H10O.C5H11NO.C4H10.B/c1-8-4-6-2-3-7(5-8)9-6;1-7-3-5-2-6(4-7)8-5;3*1-6-2-4-7-5-3-6;1-4(2)3;/h6-7H,2-5H2,1H3;5-6H,2-4H2,1H3;6H,2-5H2,1H3;2H,3-5H2,1H3;2-5H2,1H3;4H,1-3H3;. The Kier molecular flexibility index (Phi) is 22.4. The van der Waals surface area contributed by atoms with E-state index >= 15 is 0 Å². The predicted octanol–water partition coefficient (Wildman–Crippen LogP) is 4.58. The highest BCUT2D eigenvalue weighted by Gasteiger charge is 2.36. The number of rotatable bonds is 0. The maximum absolute atomic E-state index is 5.63. The molecule has 8 aliphatic rings. The van der Waals surface area contributed by atoms with E-state index in [0.717, 1.165) is 97.2 Å². The topological polar surface area (TPSA) is 55.9 Å². The summed E-state index contributed by atoms with van der Waals surface area (Å²) in [5.74, 6) is 1.74. The molecule has 7 saturated heterocycles. The van der Waals surface area contributed by atoms with Gasteiger partial charge in [0.05, 0.1) is 50.8 Å². The zero-order valence-corrected chi connectivity index (χ0v) is 29.2. The summed E-state index contributed by atoms with van der Waals surface area (Å²) in [6.45, 7) is 23.3. The van der Waals surface area contributed by atoms with Crippen LogP contribution in [0, 0.1) is 11.8 Å². The SMILES string of the molecule is CC(C)C.CC1=CCOCC1.CC1CCOCC1.CN1CC2CC(C1)O2.CN1CC2CCC(C1)O2.CN1CCOCC1.[B]. The molecule has 43 heavy (non-hydrogen) atoms. The van der Waals surface area contributed by atoms with E-state index in [-0.39, 0.29) is 8.41 Å². The van der Waals surface area contributed by atoms with Crippen LogP contribution in [0.15, 0.2) is 11.6 Å². The number of likely N-dealkylation sites (tertiary alicyclic amines) is 1. The fraction of sp³-hybridized carbons (Fsp3) is 0.941. The third-order valence-electron chi connectivity index (χ3n) is 8.10. The minimum atomic E-state index is 0. The summed E-state index contributed by atoms with van der Waals surface area (Å²) in [5, 5.41) is 0. The van der Waals surface area contributed by atoms with Gasteiger partial charge >= 0.3 is 0 Å². The number of hydrogen-bond donors (Lipinski definition) is 0. The van der Waals surface area contributed by atoms with E-state index < -0.39 is 0 Å². The fourth-order valence-electron chi connectivity index (χ4n) is 5.47. The summed E-state index contributed by atoms with van der Waals surface area (Å²) in [5.41, 5.74) is 1.46. The van der Waals surface area contributed by atoms with Gasteiger partial charge in [0.2, 0.25) is 0 Å². The summed E-state index contributed by atoms with van der Waals surface area (Å²) in [4.78, 5) is 6.97. The zero-order valence-electron chi connectivity index (χ0n) is 29.2. The van der Waals surface area contributed by atoms with E-state index in [2.05, 4.69) is 76.5 Å². The van der Waals surface area contributed by atoms with Crippen LogP contribution in [0.25, 0.3) is 0 Å². The molecule has 7 fully saturated rings. The molecule has 0 amide bonds. The first-order chi connectivity index (χ1) is 20.1. The van der Waals surface area contributed by atoms with Crippen LogP contribution in [0.5, 0.6) is 0 Å². The number of likely N-dealkylation sites (N-methyl/N-ethyl adjacent to an activating group) is 3. The van der Waals surface area contributed by atoms with Crippen molar-refractivity contribution in [3.8, 4) is 0 Å². The highest BCUT2D eigenvalue weighted by Crippen LogP contribution is 2.26. The Morgan fingerprint density at radius 2 is 1.09 bits per heavy atom. The van der Waals surface area contributed by atoms with Gasteiger partial charge in [0, 0.05) is 67.3 Å². The molecule has 8 rings (SSSR count). The van der Waals surface area contributed by atoms with E-state index in [9.17, 15) is 0 Å². The largest absolute Gasteiger partial charge is 0.381 e. The van der Waals surface area contributed by atoms with Crippen molar-refractivity contribution in [3.05, 3.63) is 11.6 Å². The Labute approximate surface area is 267 Å². The summed E-state index contributed by atoms with van der Waals surface area (Å²) < 4.78 is 26.3. The Morgan fingerprint density at radius 1 is 0.651 bits per heavy atom. The van der Waals surface area contributed by atoms with Gasteiger partial charge in [0.1, 0.15) is 0 Å². The second kappa shape index (κ2) is 23.8. The van der Waals surface area contributed by atoms with Crippen LogP contribution in [0.2, 0.25) is 0 Å². The quantitative estimate of drug-likeness (QED) is 0.293. The summed E-state index contributed by atoms with van der Waals surface area (Å²) >= 11 is 0. The lowest BCUT2D eigenvalue weighted by atomic mass is 10.00. The summed E-state index contributed by atoms with van der Waals surface area (Å²) in [7, 11) is 6.44. The van der Waals surface area contributed by atoms with Crippen LogP contribution < -0.4 is 0 Å². The van der Waals surface area contributed by atoms with Crippen LogP contribution in [0.1, 0.15) is 73.1 Å². The van der Waals surface area contributed by atoms with E-state index in [4.69, 9.17) is 23.7 Å². The first kappa shape index (κ1) is 40.5. The zero-order chi connectivity index (χ0) is 30.7. The molecule has 8 nitrogen and oxygen atoms in total. The Balaban J connectivity index is 0.000000260. The van der Waals surface area contributed by atoms with Gasteiger partial charge in [-0.15, -0.1) is 0 Å². The first-order valence-electron chi connectivity index (χ1n) is 16.9. The van der Waals surface area contributed by atoms with Gasteiger partial charge in [0.15, 0.2) is 0 Å². The Morgan fingerprint density at radius 3 is 1.40 bits per heavy atom. The van der Waals surface area contributed by atoms with Crippen LogP contribution in [-0.4, -0.2) is 148 Å².